The van der Waals surface area contributed by atoms with E-state index >= 15 is 0 Å². The first kappa shape index (κ1) is 28.0. The van der Waals surface area contributed by atoms with Gasteiger partial charge in [-0.15, -0.1) is 0 Å². The maximum atomic E-state index is 11.6. The van der Waals surface area contributed by atoms with Gasteiger partial charge in [0.25, 0.3) is 5.91 Å². The first-order chi connectivity index (χ1) is 15.0. The van der Waals surface area contributed by atoms with Crippen molar-refractivity contribution in [2.24, 2.45) is 5.11 Å². The smallest absolute Gasteiger partial charge is 0.388 e. The third kappa shape index (κ3) is 7.13. The molecule has 0 aliphatic carbocycles. The number of carbonyl (C=O) groups is 1. The molecule has 0 saturated carbocycles. The van der Waals surface area contributed by atoms with Crippen LogP contribution in [0.15, 0.2) is 29.8 Å². The number of ether oxygens (including phenoxy) is 2. The highest BCUT2D eigenvalue weighted by Gasteiger charge is 2.58. The molecule has 0 aromatic rings. The van der Waals surface area contributed by atoms with Crippen molar-refractivity contribution >= 4 is 40.1 Å². The summed E-state index contributed by atoms with van der Waals surface area (Å²) in [5.74, 6) is -2.71. The second kappa shape index (κ2) is 10.2. The fraction of sp³-hybridized carbons (Fsp3) is 0.545. The number of hydrogen-bond donors (Lipinski definition) is 6. The van der Waals surface area contributed by atoms with E-state index in [1.165, 1.54) is 6.20 Å². The molecule has 2 heterocycles. The first-order valence-corrected chi connectivity index (χ1v) is 13.9. The van der Waals surface area contributed by atoms with Crippen molar-refractivity contribution in [3.05, 3.63) is 35.1 Å². The van der Waals surface area contributed by atoms with E-state index in [0.29, 0.717) is 0 Å². The molecule has 0 radical (unpaired) electrons. The number of methoxy groups -OCH3 is 1. The van der Waals surface area contributed by atoms with Gasteiger partial charge in [-0.05, 0) is 17.3 Å². The minimum Gasteiger partial charge on any atom is -0.388 e. The average Bonchev–Trinajstić information content (AvgIpc) is 2.91. The Morgan fingerprint density at radius 2 is 2.03 bits per heavy atom. The highest BCUT2D eigenvalue weighted by molar-refractivity contribution is 8.08. The zero-order valence-corrected chi connectivity index (χ0v) is 19.8. The fourth-order valence-corrected chi connectivity index (χ4v) is 6.69. The number of nitrogens with zero attached hydrogens (tertiary/aromatic N) is 4. The van der Waals surface area contributed by atoms with Crippen LogP contribution in [0.4, 0.5) is 0 Å². The lowest BCUT2D eigenvalue weighted by Gasteiger charge is -2.34. The number of hydrogen-bond acceptors (Lipinski definition) is 12. The molecule has 33 heavy (non-hydrogen) atoms. The Morgan fingerprint density at radius 3 is 2.55 bits per heavy atom. The Kier molecular flexibility index (Phi) is 8.64. The fourth-order valence-electron chi connectivity index (χ4n) is 2.74. The lowest BCUT2D eigenvalue weighted by atomic mass is 10.0. The van der Waals surface area contributed by atoms with Crippen LogP contribution in [0.1, 0.15) is 0 Å². The molecule has 6 N–H and O–H groups in total. The summed E-state index contributed by atoms with van der Waals surface area (Å²) in [7, 11) is -10.1. The number of amides is 1. The molecule has 1 fully saturated rings. The molecule has 1 saturated heterocycles. The van der Waals surface area contributed by atoms with Crippen molar-refractivity contribution in [3.8, 4) is 0 Å². The number of nitrogens with one attached hydrogen (secondary N) is 1. The summed E-state index contributed by atoms with van der Waals surface area (Å²) in [4.78, 5) is 51.8. The Hall–Kier alpha value is -1.23. The van der Waals surface area contributed by atoms with E-state index in [0.717, 1.165) is 18.1 Å². The zero-order valence-electron chi connectivity index (χ0n) is 16.3. The Labute approximate surface area is 190 Å². The molecule has 1 amide bonds. The molecule has 0 spiro atoms. The summed E-state index contributed by atoms with van der Waals surface area (Å²) < 4.78 is 45.8. The molecule has 6 atom stereocenters. The SMILES string of the molecule is C=C1NC(=O)C=CN1[C@@H]1O[C@@](COP(O)(=S)OP(=O)(O)OP(=O)(O)O)(OC)[C@@H](N=[N+]=[N-])[C@H]1O. The summed E-state index contributed by atoms with van der Waals surface area (Å²) >= 11 is 4.53. The minimum absolute atomic E-state index is 0.0227. The van der Waals surface area contributed by atoms with Crippen molar-refractivity contribution in [3.63, 3.8) is 0 Å². The van der Waals surface area contributed by atoms with E-state index in [9.17, 15) is 28.8 Å². The molecular formula is C11H18N5O13P3S. The summed E-state index contributed by atoms with van der Waals surface area (Å²) in [5.41, 5.74) is 8.89. The molecule has 186 valence electrons. The van der Waals surface area contributed by atoms with Gasteiger partial charge >= 0.3 is 22.4 Å². The van der Waals surface area contributed by atoms with Crippen molar-refractivity contribution in [2.45, 2.75) is 24.2 Å². The molecular weight excluding hydrogens is 535 g/mol. The lowest BCUT2D eigenvalue weighted by Crippen LogP contribution is -2.47. The lowest BCUT2D eigenvalue weighted by molar-refractivity contribution is -0.247. The number of carbonyl (C=O) groups excluding carboxylic acids is 1. The third-order valence-corrected chi connectivity index (χ3v) is 8.69. The molecule has 22 heteroatoms. The van der Waals surface area contributed by atoms with Crippen LogP contribution in [0.3, 0.4) is 0 Å². The third-order valence-electron chi connectivity index (χ3n) is 3.99. The molecule has 2 unspecified atom stereocenters. The number of azide groups is 1. The van der Waals surface area contributed by atoms with Gasteiger partial charge in [0.05, 0.1) is 0 Å². The molecule has 0 aromatic carbocycles. The van der Waals surface area contributed by atoms with Crippen molar-refractivity contribution in [1.29, 1.82) is 0 Å². The second-order valence-corrected chi connectivity index (χ2v) is 12.0. The Bertz CT molecular complexity index is 1030. The van der Waals surface area contributed by atoms with Gasteiger partial charge in [0.2, 0.25) is 5.79 Å². The van der Waals surface area contributed by atoms with Crippen LogP contribution in [0.2, 0.25) is 0 Å². The standard InChI is InChI=1S/C11H18N5O13P3S/c1-6-13-7(17)3-4-16(6)10-8(18)9(14-15-12)11(25-2,27-10)5-26-32(24,33)29-31(22,23)28-30(19,20)21/h3-4,8-10,18H,1,5H2,2H3,(H,13,17)(H,22,23)(H,24,33)(H2,19,20,21)/t8-,9+,10-,11-,32?/m1/s1. The minimum atomic E-state index is -5.59. The molecule has 2 aliphatic heterocycles. The van der Waals surface area contributed by atoms with Crippen LogP contribution in [0.25, 0.3) is 10.4 Å². The highest BCUT2D eigenvalue weighted by Crippen LogP contribution is 2.66. The van der Waals surface area contributed by atoms with E-state index in [1.54, 1.807) is 0 Å². The molecule has 2 aliphatic rings. The van der Waals surface area contributed by atoms with Crippen molar-refractivity contribution in [1.82, 2.24) is 10.2 Å². The van der Waals surface area contributed by atoms with Crippen LogP contribution < -0.4 is 5.32 Å². The molecule has 2 rings (SSSR count). The van der Waals surface area contributed by atoms with E-state index in [2.05, 4.69) is 42.3 Å². The van der Waals surface area contributed by atoms with Gasteiger partial charge in [-0.3, -0.25) is 4.79 Å². The van der Waals surface area contributed by atoms with Gasteiger partial charge in [0.15, 0.2) is 6.23 Å². The van der Waals surface area contributed by atoms with E-state index in [-0.39, 0.29) is 5.82 Å². The molecule has 0 aromatic heterocycles. The Morgan fingerprint density at radius 1 is 1.39 bits per heavy atom. The van der Waals surface area contributed by atoms with E-state index in [1.807, 2.05) is 0 Å². The van der Waals surface area contributed by atoms with E-state index < -0.39 is 59.0 Å². The largest absolute Gasteiger partial charge is 0.488 e. The number of aliphatic hydroxyl groups excluding tert-OH is 1. The van der Waals surface area contributed by atoms with Crippen molar-refractivity contribution < 1.29 is 61.2 Å². The monoisotopic (exact) mass is 553 g/mol. The quantitative estimate of drug-likeness (QED) is 0.0870. The van der Waals surface area contributed by atoms with Crippen LogP contribution in [-0.4, -0.2) is 73.4 Å². The van der Waals surface area contributed by atoms with Gasteiger partial charge in [-0.2, -0.15) is 4.31 Å². The number of phosphoric acid groups is 2. The van der Waals surface area contributed by atoms with Gasteiger partial charge in [-0.1, -0.05) is 11.7 Å². The highest BCUT2D eigenvalue weighted by atomic mass is 32.5. The van der Waals surface area contributed by atoms with Gasteiger partial charge in [0.1, 0.15) is 24.6 Å². The van der Waals surface area contributed by atoms with Crippen LogP contribution in [0, 0.1) is 0 Å². The second-order valence-electron chi connectivity index (χ2n) is 6.19. The van der Waals surface area contributed by atoms with Crippen molar-refractivity contribution in [2.75, 3.05) is 13.7 Å². The van der Waals surface area contributed by atoms with Crippen LogP contribution in [0.5, 0.6) is 0 Å². The molecule has 0 bridgehead atoms. The summed E-state index contributed by atoms with van der Waals surface area (Å²) in [6, 6.07) is -1.57. The average molecular weight is 553 g/mol. The summed E-state index contributed by atoms with van der Waals surface area (Å²) in [6.45, 7) is -2.16. The van der Waals surface area contributed by atoms with Gasteiger partial charge in [-0.25, -0.2) is 13.4 Å². The Balaban J connectivity index is 2.27. The summed E-state index contributed by atoms with van der Waals surface area (Å²) in [6.07, 6.45) is -0.735. The van der Waals surface area contributed by atoms with Crippen LogP contribution in [-0.2, 0) is 48.4 Å². The summed E-state index contributed by atoms with van der Waals surface area (Å²) in [5, 5.41) is 16.4. The molecule has 18 nitrogen and oxygen atoms in total. The first-order valence-electron chi connectivity index (χ1n) is 8.25. The van der Waals surface area contributed by atoms with Gasteiger partial charge < -0.3 is 48.9 Å². The number of aliphatic hydroxyl groups is 1. The maximum absolute atomic E-state index is 11.6. The maximum Gasteiger partial charge on any atom is 0.488 e. The predicted octanol–water partition coefficient (Wildman–Crippen LogP) is -0.398. The predicted molar refractivity (Wildman–Crippen MR) is 108 cm³/mol. The van der Waals surface area contributed by atoms with E-state index in [4.69, 9.17) is 29.3 Å². The van der Waals surface area contributed by atoms with Gasteiger partial charge in [0, 0.05) is 24.3 Å². The van der Waals surface area contributed by atoms with Crippen LogP contribution >= 0.6 is 22.4 Å². The zero-order chi connectivity index (χ0) is 25.2. The normalized spacial score (nSPS) is 31.5. The number of rotatable bonds is 10. The topological polar surface area (TPSA) is 263 Å².